The molecule has 192 valence electrons. The molecular formula is C20H29NO13. The maximum Gasteiger partial charge on any atom is 0.335 e. The zero-order chi connectivity index (χ0) is 26.6. The van der Waals surface area contributed by atoms with Crippen molar-refractivity contribution in [1.29, 1.82) is 0 Å². The number of carboxylic acid groups (broad SMARTS) is 4. The van der Waals surface area contributed by atoms with Crippen molar-refractivity contribution < 1.29 is 64.8 Å². The zero-order valence-corrected chi connectivity index (χ0v) is 18.3. The summed E-state index contributed by atoms with van der Waals surface area (Å²) in [5.41, 5.74) is 1.28. The Kier molecular flexibility index (Phi) is 13.5. The van der Waals surface area contributed by atoms with Crippen molar-refractivity contribution >= 4 is 23.9 Å². The molecule has 14 nitrogen and oxygen atoms in total. The van der Waals surface area contributed by atoms with Gasteiger partial charge in [-0.05, 0) is 19.5 Å². The highest BCUT2D eigenvalue weighted by Crippen LogP contribution is 2.26. The number of benzene rings is 1. The molecule has 2 rings (SSSR count). The van der Waals surface area contributed by atoms with Crippen LogP contribution in [0.1, 0.15) is 18.6 Å². The van der Waals surface area contributed by atoms with Crippen LogP contribution in [0.2, 0.25) is 0 Å². The molecule has 1 fully saturated rings. The molecule has 4 unspecified atom stereocenters. The Morgan fingerprint density at radius 1 is 0.794 bits per heavy atom. The van der Waals surface area contributed by atoms with Crippen molar-refractivity contribution in [2.75, 3.05) is 20.2 Å². The molecule has 0 aliphatic carbocycles. The molecule has 1 saturated heterocycles. The fourth-order valence-electron chi connectivity index (χ4n) is 2.46. The average molecular weight is 491 g/mol. The minimum absolute atomic E-state index is 0.231. The van der Waals surface area contributed by atoms with Gasteiger partial charge in [-0.25, -0.2) is 19.2 Å². The van der Waals surface area contributed by atoms with E-state index in [0.717, 1.165) is 13.2 Å². The summed E-state index contributed by atoms with van der Waals surface area (Å²) in [7, 11) is 2.16. The van der Waals surface area contributed by atoms with Gasteiger partial charge in [-0.15, -0.1) is 0 Å². The molecule has 1 aromatic carbocycles. The monoisotopic (exact) mass is 491 g/mol. The van der Waals surface area contributed by atoms with Crippen LogP contribution in [0.15, 0.2) is 30.3 Å². The van der Waals surface area contributed by atoms with E-state index in [1.165, 1.54) is 5.56 Å². The number of hydrogen-bond acceptors (Lipinski definition) is 10. The molecule has 1 heterocycles. The normalized spacial score (nSPS) is 21.2. The third kappa shape index (κ3) is 10.2. The summed E-state index contributed by atoms with van der Waals surface area (Å²) in [6.07, 6.45) is -8.83. The first kappa shape index (κ1) is 30.9. The minimum atomic E-state index is -2.27. The molecule has 1 aliphatic heterocycles. The van der Waals surface area contributed by atoms with Crippen LogP contribution in [0, 0.1) is 0 Å². The lowest BCUT2D eigenvalue weighted by atomic mass is 10.0. The molecule has 0 spiro atoms. The Morgan fingerprint density at radius 3 is 1.47 bits per heavy atom. The van der Waals surface area contributed by atoms with E-state index in [1.54, 1.807) is 0 Å². The van der Waals surface area contributed by atoms with Crippen molar-refractivity contribution in [3.05, 3.63) is 35.9 Å². The van der Waals surface area contributed by atoms with Crippen molar-refractivity contribution in [2.45, 2.75) is 43.5 Å². The second-order valence-electron chi connectivity index (χ2n) is 7.06. The fraction of sp³-hybridized carbons (Fsp3) is 0.500. The Bertz CT molecular complexity index is 731. The Hall–Kier alpha value is -3.14. The van der Waals surface area contributed by atoms with Gasteiger partial charge in [0.2, 0.25) is 0 Å². The number of aliphatic hydroxyl groups is 4. The van der Waals surface area contributed by atoms with Gasteiger partial charge in [0.05, 0.1) is 12.7 Å². The van der Waals surface area contributed by atoms with Crippen molar-refractivity contribution in [3.63, 3.8) is 0 Å². The number of likely N-dealkylation sites (N-methyl/N-ethyl adjacent to an activating group) is 1. The predicted molar refractivity (Wildman–Crippen MR) is 112 cm³/mol. The first-order valence-corrected chi connectivity index (χ1v) is 9.72. The molecule has 0 radical (unpaired) electrons. The van der Waals surface area contributed by atoms with Crippen LogP contribution in [0.25, 0.3) is 0 Å². The number of nitrogens with zero attached hydrogens (tertiary/aromatic N) is 1. The Labute approximate surface area is 193 Å². The number of aliphatic hydroxyl groups excluding tert-OH is 4. The summed E-state index contributed by atoms with van der Waals surface area (Å²) in [5.74, 6) is -7.07. The van der Waals surface area contributed by atoms with Gasteiger partial charge in [0.1, 0.15) is 0 Å². The Morgan fingerprint density at radius 2 is 1.15 bits per heavy atom. The summed E-state index contributed by atoms with van der Waals surface area (Å²) in [6.45, 7) is 4.09. The molecule has 1 aliphatic rings. The van der Waals surface area contributed by atoms with Gasteiger partial charge < -0.3 is 45.6 Å². The molecule has 8 N–H and O–H groups in total. The third-order valence-corrected chi connectivity index (χ3v) is 4.61. The highest BCUT2D eigenvalue weighted by molar-refractivity contribution is 5.83. The molecule has 6 atom stereocenters. The van der Waals surface area contributed by atoms with Crippen LogP contribution in [-0.2, 0) is 23.9 Å². The minimum Gasteiger partial charge on any atom is -0.479 e. The smallest absolute Gasteiger partial charge is 0.335 e. The first-order valence-electron chi connectivity index (χ1n) is 9.72. The Balaban J connectivity index is 0.000000495. The van der Waals surface area contributed by atoms with E-state index >= 15 is 0 Å². The molecule has 0 saturated carbocycles. The van der Waals surface area contributed by atoms with Crippen LogP contribution in [0.4, 0.5) is 0 Å². The van der Waals surface area contributed by atoms with Gasteiger partial charge in [0.15, 0.2) is 24.4 Å². The quantitative estimate of drug-likeness (QED) is 0.202. The lowest BCUT2D eigenvalue weighted by Crippen LogP contribution is -2.42. The number of rotatable bonds is 7. The van der Waals surface area contributed by atoms with Gasteiger partial charge in [-0.1, -0.05) is 30.3 Å². The number of ether oxygens (including phenoxy) is 1. The highest BCUT2D eigenvalue weighted by atomic mass is 16.5. The van der Waals surface area contributed by atoms with Crippen molar-refractivity contribution in [2.24, 2.45) is 0 Å². The van der Waals surface area contributed by atoms with Crippen LogP contribution < -0.4 is 0 Å². The topological polar surface area (TPSA) is 243 Å². The van der Waals surface area contributed by atoms with Gasteiger partial charge in [0, 0.05) is 12.6 Å². The molecule has 0 bridgehead atoms. The number of carboxylic acids is 4. The van der Waals surface area contributed by atoms with E-state index in [4.69, 9.17) is 45.6 Å². The van der Waals surface area contributed by atoms with Gasteiger partial charge in [-0.3, -0.25) is 4.90 Å². The molecule has 0 aromatic heterocycles. The maximum absolute atomic E-state index is 9.77. The van der Waals surface area contributed by atoms with Crippen LogP contribution in [0.5, 0.6) is 0 Å². The predicted octanol–water partition coefficient (Wildman–Crippen LogP) is -2.17. The largest absolute Gasteiger partial charge is 0.479 e. The SMILES string of the molecule is C[C@H]1[C@H](c2ccccc2)OCCN1C.O=C(O)C(O)C(O)C(=O)O.O=C(O)C(O)C(O)C(=O)O. The summed E-state index contributed by atoms with van der Waals surface area (Å²) < 4.78 is 5.80. The van der Waals surface area contributed by atoms with E-state index in [9.17, 15) is 19.2 Å². The van der Waals surface area contributed by atoms with Gasteiger partial charge in [0.25, 0.3) is 0 Å². The molecule has 1 aromatic rings. The molecule has 14 heteroatoms. The maximum atomic E-state index is 9.77. The molecule has 34 heavy (non-hydrogen) atoms. The summed E-state index contributed by atoms with van der Waals surface area (Å²) in [6, 6.07) is 10.9. The van der Waals surface area contributed by atoms with Crippen molar-refractivity contribution in [3.8, 4) is 0 Å². The molecular weight excluding hydrogens is 462 g/mol. The lowest BCUT2D eigenvalue weighted by Gasteiger charge is -2.37. The summed E-state index contributed by atoms with van der Waals surface area (Å²) >= 11 is 0. The second kappa shape index (κ2) is 14.9. The fourth-order valence-corrected chi connectivity index (χ4v) is 2.46. The van der Waals surface area contributed by atoms with E-state index in [0.29, 0.717) is 6.04 Å². The van der Waals surface area contributed by atoms with E-state index in [1.807, 2.05) is 6.07 Å². The number of morpholine rings is 1. The van der Waals surface area contributed by atoms with E-state index in [2.05, 4.69) is 43.1 Å². The average Bonchev–Trinajstić information content (AvgIpc) is 2.79. The summed E-state index contributed by atoms with van der Waals surface area (Å²) in [4.78, 5) is 41.4. The van der Waals surface area contributed by atoms with E-state index in [-0.39, 0.29) is 6.10 Å². The molecule has 0 amide bonds. The van der Waals surface area contributed by atoms with Crippen LogP contribution in [0.3, 0.4) is 0 Å². The van der Waals surface area contributed by atoms with Crippen LogP contribution in [-0.4, -0.2) is 120 Å². The number of carbonyl (C=O) groups is 4. The van der Waals surface area contributed by atoms with Crippen LogP contribution >= 0.6 is 0 Å². The number of hydrogen-bond donors (Lipinski definition) is 8. The summed E-state index contributed by atoms with van der Waals surface area (Å²) in [5, 5.41) is 65.1. The van der Waals surface area contributed by atoms with E-state index < -0.39 is 48.3 Å². The van der Waals surface area contributed by atoms with Crippen molar-refractivity contribution in [1.82, 2.24) is 4.90 Å². The standard InChI is InChI=1S/C12H17NO.2C4H6O6/c1-10-12(14-9-8-13(10)2)11-6-4-3-5-7-11;2*5-1(3(7)8)2(6)4(9)10/h3-7,10,12H,8-9H2,1-2H3;2*1-2,5-6H,(H,7,8)(H,9,10)/t10-,12+;;/m0../s1. The zero-order valence-electron chi connectivity index (χ0n) is 18.3. The highest BCUT2D eigenvalue weighted by Gasteiger charge is 2.30. The second-order valence-corrected chi connectivity index (χ2v) is 7.06. The number of aliphatic carboxylic acids is 4. The first-order chi connectivity index (χ1) is 15.7. The van der Waals surface area contributed by atoms with Gasteiger partial charge >= 0.3 is 23.9 Å². The third-order valence-electron chi connectivity index (χ3n) is 4.61. The lowest BCUT2D eigenvalue weighted by molar-refractivity contribution is -0.165. The van der Waals surface area contributed by atoms with Gasteiger partial charge in [-0.2, -0.15) is 0 Å².